The van der Waals surface area contributed by atoms with Crippen LogP contribution < -0.4 is 0 Å². The molecule has 0 saturated carbocycles. The first-order valence-electron chi connectivity index (χ1n) is 0. The van der Waals surface area contributed by atoms with E-state index in [0.717, 1.165) is 0 Å². The van der Waals surface area contributed by atoms with E-state index in [9.17, 15) is 0 Å². The molecular formula is CuGeSeSnZn. The summed E-state index contributed by atoms with van der Waals surface area (Å²) in [5, 5.41) is 0. The van der Waals surface area contributed by atoms with Crippen molar-refractivity contribution in [1.29, 1.82) is 0 Å². The SMILES string of the molecule is [Cu].[Ge].[Se].[Sn].[Zn]. The van der Waals surface area contributed by atoms with Crippen LogP contribution in [0.3, 0.4) is 0 Å². The molecule has 27 valence electrons. The van der Waals surface area contributed by atoms with Crippen molar-refractivity contribution in [3.05, 3.63) is 0 Å². The molecule has 0 atom stereocenters. The normalized spacial score (nSPS) is 0. The van der Waals surface area contributed by atoms with Gasteiger partial charge >= 0.3 is 0 Å². The van der Waals surface area contributed by atoms with Crippen molar-refractivity contribution < 1.29 is 36.5 Å². The van der Waals surface area contributed by atoms with E-state index in [1.54, 1.807) is 0 Å². The Morgan fingerprint density at radius 3 is 1.00 bits per heavy atom. The molecule has 0 amide bonds. The summed E-state index contributed by atoms with van der Waals surface area (Å²) in [6.45, 7) is 0. The molecule has 0 heterocycles. The van der Waals surface area contributed by atoms with Gasteiger partial charge in [-0.3, -0.25) is 0 Å². The molecule has 0 aliphatic carbocycles. The zero-order valence-corrected chi connectivity index (χ0v) is 13.0. The van der Waals surface area contributed by atoms with Crippen LogP contribution in [0.15, 0.2) is 0 Å². The van der Waals surface area contributed by atoms with Gasteiger partial charge in [0.1, 0.15) is 0 Å². The van der Waals surface area contributed by atoms with Gasteiger partial charge in [-0.15, -0.1) is 0 Å². The summed E-state index contributed by atoms with van der Waals surface area (Å²) < 4.78 is 0. The molecule has 0 aromatic heterocycles. The molecule has 0 aliphatic heterocycles. The van der Waals surface area contributed by atoms with E-state index in [1.807, 2.05) is 0 Å². The Kier molecular flexibility index (Phi) is 243. The molecule has 5 heteroatoms. The molecule has 0 spiro atoms. The molecule has 0 aromatic carbocycles. The van der Waals surface area contributed by atoms with Crippen LogP contribution in [0.2, 0.25) is 0 Å². The number of hydrogen-bond donors (Lipinski definition) is 0. The standard InChI is InChI=1S/Cu.Ge.Se.Sn.Zn. The first-order valence-corrected chi connectivity index (χ1v) is 0. The predicted octanol–water partition coefficient (Wildman–Crippen LogP) is -1.15. The van der Waals surface area contributed by atoms with Gasteiger partial charge in [0.25, 0.3) is 0 Å². The van der Waals surface area contributed by atoms with Crippen molar-refractivity contribution in [1.82, 2.24) is 0 Å². The molecule has 0 aromatic rings. The van der Waals surface area contributed by atoms with Crippen molar-refractivity contribution >= 4 is 58.6 Å². The summed E-state index contributed by atoms with van der Waals surface area (Å²) in [5.41, 5.74) is 0. The van der Waals surface area contributed by atoms with E-state index < -0.39 is 0 Å². The molecule has 5 heavy (non-hydrogen) atoms. The first kappa shape index (κ1) is 43.5. The number of hydrogen-bond acceptors (Lipinski definition) is 0. The van der Waals surface area contributed by atoms with E-state index in [0.29, 0.717) is 0 Å². The van der Waals surface area contributed by atoms with Gasteiger partial charge in [0.2, 0.25) is 0 Å². The van der Waals surface area contributed by atoms with Crippen molar-refractivity contribution in [2.75, 3.05) is 0 Å². The van der Waals surface area contributed by atoms with Crippen LogP contribution in [0.5, 0.6) is 0 Å². The minimum atomic E-state index is 0. The third kappa shape index (κ3) is 19.4. The van der Waals surface area contributed by atoms with Crippen molar-refractivity contribution in [3.8, 4) is 0 Å². The fraction of sp³-hybridized carbons (Fsp3) is 0. The van der Waals surface area contributed by atoms with Crippen LogP contribution in [0.4, 0.5) is 0 Å². The van der Waals surface area contributed by atoms with Gasteiger partial charge in [0.15, 0.2) is 0 Å². The van der Waals surface area contributed by atoms with E-state index in [2.05, 4.69) is 0 Å². The van der Waals surface area contributed by atoms with Crippen LogP contribution in [-0.2, 0) is 36.5 Å². The van der Waals surface area contributed by atoms with Crippen LogP contribution in [0.25, 0.3) is 0 Å². The van der Waals surface area contributed by atoms with Gasteiger partial charge in [-0.1, -0.05) is 0 Å². The van der Waals surface area contributed by atoms with Crippen molar-refractivity contribution in [3.63, 3.8) is 0 Å². The molecule has 11 radical (unpaired) electrons. The Morgan fingerprint density at radius 1 is 1.00 bits per heavy atom. The molecule has 0 unspecified atom stereocenters. The largest absolute Gasteiger partial charge is 0 e. The van der Waals surface area contributed by atoms with Gasteiger partial charge in [0, 0.05) is 95.1 Å². The second-order valence-corrected chi connectivity index (χ2v) is 0. The zero-order valence-electron chi connectivity index (χ0n) is 2.42. The maximum absolute atomic E-state index is 0. The van der Waals surface area contributed by atoms with Crippen molar-refractivity contribution in [2.24, 2.45) is 0 Å². The Balaban J connectivity index is 0. The van der Waals surface area contributed by atoms with Gasteiger partial charge in [-0.25, -0.2) is 0 Å². The van der Waals surface area contributed by atoms with Crippen LogP contribution >= 0.6 is 0 Å². The summed E-state index contributed by atoms with van der Waals surface area (Å²) in [6.07, 6.45) is 0. The molecule has 0 bridgehead atoms. The summed E-state index contributed by atoms with van der Waals surface area (Å²) in [4.78, 5) is 0. The third-order valence-electron chi connectivity index (χ3n) is 0. The molecule has 0 aliphatic rings. The maximum atomic E-state index is 0. The van der Waals surface area contributed by atoms with Crippen LogP contribution in [0, 0.1) is 0 Å². The van der Waals surface area contributed by atoms with E-state index >= 15 is 0 Å². The van der Waals surface area contributed by atoms with Crippen molar-refractivity contribution in [2.45, 2.75) is 0 Å². The van der Waals surface area contributed by atoms with Gasteiger partial charge < -0.3 is 0 Å². The average molecular weight is 399 g/mol. The summed E-state index contributed by atoms with van der Waals surface area (Å²) in [5.74, 6) is 0. The quantitative estimate of drug-likeness (QED) is 0.452. The molecule has 0 rings (SSSR count). The predicted molar refractivity (Wildman–Crippen MR) is 17.3 cm³/mol. The Morgan fingerprint density at radius 2 is 1.00 bits per heavy atom. The molecule has 0 nitrogen and oxygen atoms in total. The Hall–Kier alpha value is 3.00. The summed E-state index contributed by atoms with van der Waals surface area (Å²) in [6, 6.07) is 0. The monoisotopic (exact) mass is 401 g/mol. The first-order chi connectivity index (χ1) is 0. The van der Waals surface area contributed by atoms with Gasteiger partial charge in [-0.2, -0.15) is 0 Å². The second kappa shape index (κ2) is 28.0. The van der Waals surface area contributed by atoms with E-state index in [4.69, 9.17) is 0 Å². The van der Waals surface area contributed by atoms with Gasteiger partial charge in [0.05, 0.1) is 0 Å². The zero-order chi connectivity index (χ0) is 0. The Labute approximate surface area is 93.6 Å². The average Bonchev–Trinajstić information content (AvgIpc) is 0. The molecular weight excluding hydrogens is 399 g/mol. The maximum Gasteiger partial charge on any atom is 0 e. The summed E-state index contributed by atoms with van der Waals surface area (Å²) >= 11 is 0. The fourth-order valence-corrected chi connectivity index (χ4v) is 0. The third-order valence-corrected chi connectivity index (χ3v) is 0. The number of rotatable bonds is 0. The molecule has 0 fully saturated rings. The second-order valence-electron chi connectivity index (χ2n) is 0. The molecule has 0 saturated heterocycles. The summed E-state index contributed by atoms with van der Waals surface area (Å²) in [7, 11) is 0. The van der Waals surface area contributed by atoms with Crippen LogP contribution in [-0.4, -0.2) is 58.6 Å². The van der Waals surface area contributed by atoms with E-state index in [1.165, 1.54) is 0 Å². The minimum absolute atomic E-state index is 0. The van der Waals surface area contributed by atoms with Crippen LogP contribution in [0.1, 0.15) is 0 Å². The fourth-order valence-electron chi connectivity index (χ4n) is 0. The smallest absolute Gasteiger partial charge is 0 e. The minimum Gasteiger partial charge on any atom is 0 e. The van der Waals surface area contributed by atoms with Gasteiger partial charge in [-0.05, 0) is 0 Å². The topological polar surface area (TPSA) is 0 Å². The van der Waals surface area contributed by atoms with E-state index in [-0.39, 0.29) is 95.1 Å². The Bertz CT molecular complexity index is 11.6. The molecule has 0 N–H and O–H groups in total.